The highest BCUT2D eigenvalue weighted by Gasteiger charge is 2.34. The fourth-order valence-electron chi connectivity index (χ4n) is 7.58. The highest BCUT2D eigenvalue weighted by atomic mass is 31.1. The van der Waals surface area contributed by atoms with Gasteiger partial charge in [0.25, 0.3) is 0 Å². The van der Waals surface area contributed by atoms with Crippen molar-refractivity contribution in [2.24, 2.45) is 0 Å². The molecule has 9 rings (SSSR count). The predicted molar refractivity (Wildman–Crippen MR) is 236 cm³/mol. The molecule has 2 nitrogen and oxygen atoms in total. The topological polar surface area (TPSA) is 18.5 Å². The highest BCUT2D eigenvalue weighted by molar-refractivity contribution is 7.81. The van der Waals surface area contributed by atoms with Gasteiger partial charge in [0.05, 0.1) is 13.2 Å². The fourth-order valence-corrected chi connectivity index (χ4v) is 12.9. The zero-order valence-corrected chi connectivity index (χ0v) is 32.3. The van der Waals surface area contributed by atoms with Gasteiger partial charge in [-0.15, -0.1) is 0 Å². The molecule has 8 aromatic carbocycles. The molecule has 0 amide bonds. The standard InChI is InChI=1S/C51H40O2P2/c1-7-20-38(21-8-1)44-32-34-46-48(50(44)54(40-24-11-3-12-25-40)41-26-13-4-14-27-41)49-47(53-37-19-36-52-46)35-33-45(39-22-9-2-10-23-39)51(49)55(42-28-15-5-16-29-42)43-30-17-6-18-31-43/h1-18,20-35H,19,36-37H2. The number of benzene rings is 8. The van der Waals surface area contributed by atoms with Gasteiger partial charge in [-0.1, -0.05) is 182 Å². The Hall–Kier alpha value is -5.78. The van der Waals surface area contributed by atoms with Gasteiger partial charge in [-0.05, 0) is 83.6 Å². The fraction of sp³-hybridized carbons (Fsp3) is 0.0588. The molecule has 0 aromatic heterocycles. The molecule has 1 aliphatic rings. The molecule has 1 aliphatic heterocycles. The molecule has 0 bridgehead atoms. The summed E-state index contributed by atoms with van der Waals surface area (Å²) < 4.78 is 13.9. The van der Waals surface area contributed by atoms with Gasteiger partial charge in [-0.3, -0.25) is 0 Å². The maximum absolute atomic E-state index is 6.95. The van der Waals surface area contributed by atoms with Crippen LogP contribution in [0, 0.1) is 0 Å². The lowest BCUT2D eigenvalue weighted by atomic mass is 9.94. The van der Waals surface area contributed by atoms with Gasteiger partial charge in [-0.2, -0.15) is 0 Å². The Kier molecular flexibility index (Phi) is 10.4. The second-order valence-electron chi connectivity index (χ2n) is 13.5. The molecule has 55 heavy (non-hydrogen) atoms. The zero-order chi connectivity index (χ0) is 36.8. The van der Waals surface area contributed by atoms with Crippen LogP contribution in [0.1, 0.15) is 6.42 Å². The number of hydrogen-bond acceptors (Lipinski definition) is 2. The summed E-state index contributed by atoms with van der Waals surface area (Å²) in [7, 11) is -2.18. The van der Waals surface area contributed by atoms with E-state index in [9.17, 15) is 0 Å². The first-order chi connectivity index (χ1) is 27.3. The van der Waals surface area contributed by atoms with Crippen LogP contribution in [0.25, 0.3) is 33.4 Å². The smallest absolute Gasteiger partial charge is 0.127 e. The van der Waals surface area contributed by atoms with E-state index in [1.165, 1.54) is 54.1 Å². The van der Waals surface area contributed by atoms with Crippen molar-refractivity contribution < 1.29 is 9.47 Å². The molecule has 0 aliphatic carbocycles. The van der Waals surface area contributed by atoms with Crippen molar-refractivity contribution in [2.45, 2.75) is 6.42 Å². The molecule has 266 valence electrons. The monoisotopic (exact) mass is 746 g/mol. The summed E-state index contributed by atoms with van der Waals surface area (Å²) in [5.74, 6) is 1.78. The minimum atomic E-state index is -1.09. The van der Waals surface area contributed by atoms with Crippen molar-refractivity contribution in [3.05, 3.63) is 206 Å². The van der Waals surface area contributed by atoms with E-state index in [0.29, 0.717) is 13.2 Å². The minimum absolute atomic E-state index is 0.562. The first-order valence-electron chi connectivity index (χ1n) is 18.9. The average Bonchev–Trinajstić information content (AvgIpc) is 3.35. The first-order valence-corrected chi connectivity index (χ1v) is 21.5. The van der Waals surface area contributed by atoms with Gasteiger partial charge in [0, 0.05) is 28.2 Å². The van der Waals surface area contributed by atoms with Gasteiger partial charge >= 0.3 is 0 Å². The van der Waals surface area contributed by atoms with Crippen LogP contribution < -0.4 is 41.3 Å². The van der Waals surface area contributed by atoms with E-state index in [1.807, 2.05) is 0 Å². The van der Waals surface area contributed by atoms with Crippen LogP contribution in [0.4, 0.5) is 0 Å². The lowest BCUT2D eigenvalue weighted by Gasteiger charge is -2.31. The molecule has 0 atom stereocenters. The Balaban J connectivity index is 1.49. The number of hydrogen-bond donors (Lipinski definition) is 0. The summed E-state index contributed by atoms with van der Waals surface area (Å²) in [4.78, 5) is 0. The van der Waals surface area contributed by atoms with Crippen LogP contribution >= 0.6 is 15.8 Å². The van der Waals surface area contributed by atoms with E-state index in [-0.39, 0.29) is 0 Å². The molecule has 1 heterocycles. The zero-order valence-electron chi connectivity index (χ0n) is 30.5. The van der Waals surface area contributed by atoms with Crippen LogP contribution in [0.15, 0.2) is 206 Å². The SMILES string of the molecule is c1ccc(-c2ccc3c(c2P(c2ccccc2)c2ccccc2)-c2c(ccc(-c4ccccc4)c2P(c2ccccc2)c2ccccc2)OCCCO3)cc1. The van der Waals surface area contributed by atoms with E-state index in [1.54, 1.807) is 0 Å². The molecule has 4 heteroatoms. The second-order valence-corrected chi connectivity index (χ2v) is 17.8. The molecule has 0 spiro atoms. The maximum atomic E-state index is 6.95. The molecule has 0 radical (unpaired) electrons. The lowest BCUT2D eigenvalue weighted by molar-refractivity contribution is 0.252. The third-order valence-electron chi connectivity index (χ3n) is 10.0. The number of fused-ring (bicyclic) bond motifs is 3. The summed E-state index contributed by atoms with van der Waals surface area (Å²) in [6, 6.07) is 74.9. The highest BCUT2D eigenvalue weighted by Crippen LogP contribution is 2.51. The van der Waals surface area contributed by atoms with E-state index < -0.39 is 15.8 Å². The van der Waals surface area contributed by atoms with Crippen molar-refractivity contribution >= 4 is 47.7 Å². The van der Waals surface area contributed by atoms with Crippen LogP contribution in [0.3, 0.4) is 0 Å². The summed E-state index contributed by atoms with van der Waals surface area (Å²) >= 11 is 0. The quantitative estimate of drug-likeness (QED) is 0.144. The Bertz CT molecular complexity index is 2240. The largest absolute Gasteiger partial charge is 0.493 e. The average molecular weight is 747 g/mol. The Morgan fingerprint density at radius 3 is 0.909 bits per heavy atom. The van der Waals surface area contributed by atoms with Crippen LogP contribution in [0.2, 0.25) is 0 Å². The van der Waals surface area contributed by atoms with E-state index >= 15 is 0 Å². The molecule has 0 fully saturated rings. The Morgan fingerprint density at radius 2 is 0.600 bits per heavy atom. The van der Waals surface area contributed by atoms with Gasteiger partial charge in [0.15, 0.2) is 0 Å². The van der Waals surface area contributed by atoms with Crippen molar-refractivity contribution in [1.82, 2.24) is 0 Å². The lowest BCUT2D eigenvalue weighted by Crippen LogP contribution is -2.28. The Morgan fingerprint density at radius 1 is 0.309 bits per heavy atom. The maximum Gasteiger partial charge on any atom is 0.127 e. The molecular weight excluding hydrogens is 707 g/mol. The molecule has 8 aromatic rings. The van der Waals surface area contributed by atoms with Crippen molar-refractivity contribution in [2.75, 3.05) is 13.2 Å². The molecule has 0 saturated carbocycles. The summed E-state index contributed by atoms with van der Waals surface area (Å²) in [6.45, 7) is 1.12. The Labute approximate surface area is 326 Å². The normalized spacial score (nSPS) is 12.4. The molecular formula is C51H40O2P2. The third-order valence-corrected chi connectivity index (χ3v) is 15.1. The number of ether oxygens (including phenoxy) is 2. The molecule has 0 unspecified atom stereocenters. The third kappa shape index (κ3) is 7.13. The number of rotatable bonds is 8. The predicted octanol–water partition coefficient (Wildman–Crippen LogP) is 10.4. The summed E-state index contributed by atoms with van der Waals surface area (Å²) in [6.07, 6.45) is 0.780. The summed E-state index contributed by atoms with van der Waals surface area (Å²) in [5, 5.41) is 7.67. The minimum Gasteiger partial charge on any atom is -0.493 e. The van der Waals surface area contributed by atoms with Crippen molar-refractivity contribution in [3.8, 4) is 44.9 Å². The van der Waals surface area contributed by atoms with Gasteiger partial charge in [0.2, 0.25) is 0 Å². The van der Waals surface area contributed by atoms with Crippen LogP contribution in [-0.4, -0.2) is 13.2 Å². The summed E-state index contributed by atoms with van der Waals surface area (Å²) in [5.41, 5.74) is 6.99. The van der Waals surface area contributed by atoms with Crippen molar-refractivity contribution in [3.63, 3.8) is 0 Å². The van der Waals surface area contributed by atoms with Gasteiger partial charge in [0.1, 0.15) is 11.5 Å². The van der Waals surface area contributed by atoms with Crippen molar-refractivity contribution in [1.29, 1.82) is 0 Å². The first kappa shape index (κ1) is 35.0. The van der Waals surface area contributed by atoms with Crippen LogP contribution in [-0.2, 0) is 0 Å². The molecule has 0 N–H and O–H groups in total. The van der Waals surface area contributed by atoms with Crippen LogP contribution in [0.5, 0.6) is 11.5 Å². The van der Waals surface area contributed by atoms with Gasteiger partial charge in [-0.25, -0.2) is 0 Å². The van der Waals surface area contributed by atoms with Gasteiger partial charge < -0.3 is 9.47 Å². The molecule has 0 saturated heterocycles. The second kappa shape index (κ2) is 16.3. The van der Waals surface area contributed by atoms with E-state index in [2.05, 4.69) is 206 Å². The van der Waals surface area contributed by atoms with E-state index in [0.717, 1.165) is 29.0 Å². The van der Waals surface area contributed by atoms with E-state index in [4.69, 9.17) is 9.47 Å².